The van der Waals surface area contributed by atoms with E-state index >= 15 is 0 Å². The van der Waals surface area contributed by atoms with Crippen LogP contribution in [-0.2, 0) is 14.3 Å². The lowest BCUT2D eigenvalue weighted by Gasteiger charge is -2.37. The van der Waals surface area contributed by atoms with Crippen LogP contribution in [0.4, 0.5) is 5.69 Å². The predicted molar refractivity (Wildman–Crippen MR) is 91.0 cm³/mol. The molecule has 1 amide bonds. The number of carbonyl (C=O) groups excluding carboxylic acids is 1. The fourth-order valence-electron chi connectivity index (χ4n) is 3.51. The summed E-state index contributed by atoms with van der Waals surface area (Å²) in [6.45, 7) is 5.02. The second-order valence-corrected chi connectivity index (χ2v) is 6.61. The van der Waals surface area contributed by atoms with Gasteiger partial charge in [0.15, 0.2) is 17.3 Å². The molecule has 7 nitrogen and oxygen atoms in total. The highest BCUT2D eigenvalue weighted by Crippen LogP contribution is 2.33. The molecule has 3 heterocycles. The Morgan fingerprint density at radius 1 is 1.04 bits per heavy atom. The van der Waals surface area contributed by atoms with Gasteiger partial charge in [-0.25, -0.2) is 0 Å². The summed E-state index contributed by atoms with van der Waals surface area (Å²) in [5, 5.41) is 2.93. The van der Waals surface area contributed by atoms with Crippen molar-refractivity contribution in [3.63, 3.8) is 0 Å². The number of amides is 1. The summed E-state index contributed by atoms with van der Waals surface area (Å²) in [6.07, 6.45) is 2.21. The molecule has 1 aromatic carbocycles. The Hall–Kier alpha value is -1.83. The fraction of sp³-hybridized carbons (Fsp3) is 0.611. The van der Waals surface area contributed by atoms with Crippen LogP contribution in [0.3, 0.4) is 0 Å². The van der Waals surface area contributed by atoms with Crippen molar-refractivity contribution in [3.05, 3.63) is 18.2 Å². The molecule has 0 radical (unpaired) electrons. The normalized spacial score (nSPS) is 22.1. The molecular weight excluding hydrogens is 324 g/mol. The van der Waals surface area contributed by atoms with Crippen LogP contribution in [-0.4, -0.2) is 62.7 Å². The molecule has 0 bridgehead atoms. The van der Waals surface area contributed by atoms with Gasteiger partial charge in [0.25, 0.3) is 0 Å². The van der Waals surface area contributed by atoms with Gasteiger partial charge in [-0.2, -0.15) is 0 Å². The predicted octanol–water partition coefficient (Wildman–Crippen LogP) is 1.63. The third-order valence-corrected chi connectivity index (χ3v) is 4.91. The van der Waals surface area contributed by atoms with Gasteiger partial charge in [0.2, 0.25) is 5.91 Å². The molecular formula is C18H24N2O5. The molecule has 0 aliphatic carbocycles. The van der Waals surface area contributed by atoms with Gasteiger partial charge in [0.1, 0.15) is 13.2 Å². The van der Waals surface area contributed by atoms with E-state index in [4.69, 9.17) is 18.9 Å². The molecule has 136 valence electrons. The monoisotopic (exact) mass is 348 g/mol. The molecule has 7 heteroatoms. The SMILES string of the molecule is O=C(CCN1CCC2(CC1)OCCO2)Nc1ccc2c(c1)OCCO2. The van der Waals surface area contributed by atoms with Crippen molar-refractivity contribution in [3.8, 4) is 11.5 Å². The lowest BCUT2D eigenvalue weighted by molar-refractivity contribution is -0.185. The Labute approximate surface area is 147 Å². The number of likely N-dealkylation sites (tertiary alicyclic amines) is 1. The van der Waals surface area contributed by atoms with Crippen molar-refractivity contribution in [1.29, 1.82) is 0 Å². The molecule has 0 unspecified atom stereocenters. The number of hydrogen-bond donors (Lipinski definition) is 1. The van der Waals surface area contributed by atoms with E-state index in [0.717, 1.165) is 43.9 Å². The Morgan fingerprint density at radius 2 is 1.76 bits per heavy atom. The summed E-state index contributed by atoms with van der Waals surface area (Å²) in [5.41, 5.74) is 0.736. The first-order valence-electron chi connectivity index (χ1n) is 8.92. The van der Waals surface area contributed by atoms with Crippen LogP contribution in [0.2, 0.25) is 0 Å². The van der Waals surface area contributed by atoms with Gasteiger partial charge in [0.05, 0.1) is 13.2 Å². The number of hydrogen-bond acceptors (Lipinski definition) is 6. The average molecular weight is 348 g/mol. The molecule has 2 fully saturated rings. The van der Waals surface area contributed by atoms with E-state index in [1.807, 2.05) is 18.2 Å². The number of nitrogens with one attached hydrogen (secondary N) is 1. The van der Waals surface area contributed by atoms with Gasteiger partial charge >= 0.3 is 0 Å². The van der Waals surface area contributed by atoms with E-state index in [1.54, 1.807) is 0 Å². The van der Waals surface area contributed by atoms with E-state index in [9.17, 15) is 4.79 Å². The van der Waals surface area contributed by atoms with E-state index in [2.05, 4.69) is 10.2 Å². The molecule has 0 saturated carbocycles. The molecule has 2 saturated heterocycles. The third-order valence-electron chi connectivity index (χ3n) is 4.91. The van der Waals surface area contributed by atoms with Crippen molar-refractivity contribution in [2.24, 2.45) is 0 Å². The summed E-state index contributed by atoms with van der Waals surface area (Å²) in [6, 6.07) is 5.48. The lowest BCUT2D eigenvalue weighted by atomic mass is 10.0. The van der Waals surface area contributed by atoms with Crippen molar-refractivity contribution in [2.45, 2.75) is 25.0 Å². The minimum Gasteiger partial charge on any atom is -0.486 e. The van der Waals surface area contributed by atoms with Crippen LogP contribution in [0.5, 0.6) is 11.5 Å². The van der Waals surface area contributed by atoms with E-state index < -0.39 is 0 Å². The second-order valence-electron chi connectivity index (χ2n) is 6.61. The van der Waals surface area contributed by atoms with Gasteiger partial charge < -0.3 is 29.2 Å². The summed E-state index contributed by atoms with van der Waals surface area (Å²) in [7, 11) is 0. The fourth-order valence-corrected chi connectivity index (χ4v) is 3.51. The number of fused-ring (bicyclic) bond motifs is 1. The topological polar surface area (TPSA) is 69.3 Å². The number of anilines is 1. The second kappa shape index (κ2) is 7.19. The minimum atomic E-state index is -0.357. The quantitative estimate of drug-likeness (QED) is 0.892. The number of carbonyl (C=O) groups is 1. The van der Waals surface area contributed by atoms with Crippen LogP contribution in [0.15, 0.2) is 18.2 Å². The smallest absolute Gasteiger partial charge is 0.225 e. The summed E-state index contributed by atoms with van der Waals surface area (Å²) in [5.74, 6) is 1.05. The van der Waals surface area contributed by atoms with Crippen LogP contribution in [0, 0.1) is 0 Å². The first-order chi connectivity index (χ1) is 12.2. The van der Waals surface area contributed by atoms with E-state index in [0.29, 0.717) is 38.6 Å². The molecule has 3 aliphatic heterocycles. The third kappa shape index (κ3) is 3.89. The first-order valence-corrected chi connectivity index (χ1v) is 8.92. The van der Waals surface area contributed by atoms with Crippen molar-refractivity contribution < 1.29 is 23.7 Å². The molecule has 4 rings (SSSR count). The molecule has 3 aliphatic rings. The molecule has 1 N–H and O–H groups in total. The number of nitrogens with zero attached hydrogens (tertiary/aromatic N) is 1. The summed E-state index contributed by atoms with van der Waals surface area (Å²) in [4.78, 5) is 14.5. The highest BCUT2D eigenvalue weighted by Gasteiger charge is 2.39. The van der Waals surface area contributed by atoms with Crippen LogP contribution in [0.1, 0.15) is 19.3 Å². The van der Waals surface area contributed by atoms with Gasteiger partial charge in [-0.1, -0.05) is 0 Å². The average Bonchev–Trinajstić information content (AvgIpc) is 3.09. The number of rotatable bonds is 4. The molecule has 0 aromatic heterocycles. The van der Waals surface area contributed by atoms with E-state index in [-0.39, 0.29) is 11.7 Å². The number of piperidine rings is 1. The summed E-state index contributed by atoms with van der Waals surface area (Å²) >= 11 is 0. The highest BCUT2D eigenvalue weighted by molar-refractivity contribution is 5.91. The zero-order valence-corrected chi connectivity index (χ0v) is 14.3. The molecule has 25 heavy (non-hydrogen) atoms. The van der Waals surface area contributed by atoms with Crippen LogP contribution < -0.4 is 14.8 Å². The maximum Gasteiger partial charge on any atom is 0.225 e. The molecule has 1 spiro atoms. The van der Waals surface area contributed by atoms with Gasteiger partial charge in [-0.05, 0) is 12.1 Å². The maximum atomic E-state index is 12.2. The van der Waals surface area contributed by atoms with Crippen molar-refractivity contribution >= 4 is 11.6 Å². The Balaban J connectivity index is 1.23. The highest BCUT2D eigenvalue weighted by atomic mass is 16.7. The van der Waals surface area contributed by atoms with Crippen LogP contribution >= 0.6 is 0 Å². The van der Waals surface area contributed by atoms with Crippen molar-refractivity contribution in [2.75, 3.05) is 51.4 Å². The van der Waals surface area contributed by atoms with Gasteiger partial charge in [-0.15, -0.1) is 0 Å². The van der Waals surface area contributed by atoms with E-state index in [1.165, 1.54) is 0 Å². The standard InChI is InChI=1S/C18H24N2O5/c21-17(19-14-1-2-15-16(13-14)23-10-9-22-15)3-6-20-7-4-18(5-8-20)24-11-12-25-18/h1-2,13H,3-12H2,(H,19,21). The Morgan fingerprint density at radius 3 is 2.52 bits per heavy atom. The van der Waals surface area contributed by atoms with Gasteiger partial charge in [-0.3, -0.25) is 4.79 Å². The molecule has 0 atom stereocenters. The van der Waals surface area contributed by atoms with Gasteiger partial charge in [0, 0.05) is 50.7 Å². The molecule has 1 aromatic rings. The number of benzene rings is 1. The van der Waals surface area contributed by atoms with Crippen molar-refractivity contribution in [1.82, 2.24) is 4.90 Å². The van der Waals surface area contributed by atoms with Crippen LogP contribution in [0.25, 0.3) is 0 Å². The Bertz CT molecular complexity index is 620. The summed E-state index contributed by atoms with van der Waals surface area (Å²) < 4.78 is 22.5. The number of ether oxygens (including phenoxy) is 4. The maximum absolute atomic E-state index is 12.2. The largest absolute Gasteiger partial charge is 0.486 e. The minimum absolute atomic E-state index is 0.00494. The zero-order valence-electron chi connectivity index (χ0n) is 14.3. The lowest BCUT2D eigenvalue weighted by Crippen LogP contribution is -2.45. The zero-order chi connectivity index (χ0) is 17.1. The Kier molecular flexibility index (Phi) is 4.78. The first kappa shape index (κ1) is 16.6.